The van der Waals surface area contributed by atoms with Gasteiger partial charge in [0.2, 0.25) is 0 Å². The largest absolute Gasteiger partial charge is 0.506 e. The van der Waals surface area contributed by atoms with Crippen LogP contribution in [0.5, 0.6) is 5.75 Å². The minimum absolute atomic E-state index is 0.0458. The van der Waals surface area contributed by atoms with Gasteiger partial charge in [-0.25, -0.2) is 4.99 Å². The molecule has 0 bridgehead atoms. The van der Waals surface area contributed by atoms with Crippen molar-refractivity contribution in [3.05, 3.63) is 74.8 Å². The zero-order valence-corrected chi connectivity index (χ0v) is 17.4. The SMILES string of the molecule is Cc1ccc(O)c(N=C2NC(=O)/C(=C\c3ccc(-c4cc(Cl)ccc4Cl)o3)S2)c1. The summed E-state index contributed by atoms with van der Waals surface area (Å²) in [4.78, 5) is 17.0. The molecule has 2 heterocycles. The van der Waals surface area contributed by atoms with Gasteiger partial charge in [0.05, 0.1) is 9.93 Å². The van der Waals surface area contributed by atoms with E-state index in [9.17, 15) is 9.90 Å². The summed E-state index contributed by atoms with van der Waals surface area (Å²) in [7, 11) is 0. The van der Waals surface area contributed by atoms with Crippen LogP contribution in [0.3, 0.4) is 0 Å². The molecule has 3 aromatic rings. The van der Waals surface area contributed by atoms with Gasteiger partial charge in [0.25, 0.3) is 5.91 Å². The van der Waals surface area contributed by atoms with Crippen molar-refractivity contribution in [1.82, 2.24) is 5.32 Å². The van der Waals surface area contributed by atoms with Crippen molar-refractivity contribution >= 4 is 57.8 Å². The van der Waals surface area contributed by atoms with Crippen molar-refractivity contribution < 1.29 is 14.3 Å². The molecule has 8 heteroatoms. The molecule has 5 nitrogen and oxygen atoms in total. The minimum atomic E-state index is -0.292. The number of amidine groups is 1. The maximum Gasteiger partial charge on any atom is 0.264 e. The first-order chi connectivity index (χ1) is 13.9. The number of carbonyl (C=O) groups is 1. The Labute approximate surface area is 181 Å². The van der Waals surface area contributed by atoms with E-state index in [-0.39, 0.29) is 11.7 Å². The van der Waals surface area contributed by atoms with Gasteiger partial charge in [0.1, 0.15) is 23.0 Å². The Balaban J connectivity index is 1.59. The van der Waals surface area contributed by atoms with E-state index in [1.54, 1.807) is 54.6 Å². The zero-order chi connectivity index (χ0) is 20.5. The van der Waals surface area contributed by atoms with Crippen LogP contribution in [0.15, 0.2) is 62.8 Å². The quantitative estimate of drug-likeness (QED) is 0.474. The number of nitrogens with zero attached hydrogens (tertiary/aromatic N) is 1. The summed E-state index contributed by atoms with van der Waals surface area (Å²) in [6, 6.07) is 13.7. The Hall–Kier alpha value is -2.67. The third kappa shape index (κ3) is 4.34. The number of amides is 1. The molecule has 0 saturated carbocycles. The maximum absolute atomic E-state index is 12.3. The molecule has 146 valence electrons. The second-order valence-corrected chi connectivity index (χ2v) is 8.17. The van der Waals surface area contributed by atoms with E-state index in [1.807, 2.05) is 6.92 Å². The van der Waals surface area contributed by atoms with E-state index in [1.165, 1.54) is 11.8 Å². The number of aryl methyl sites for hydroxylation is 1. The van der Waals surface area contributed by atoms with Gasteiger partial charge in [-0.2, -0.15) is 0 Å². The number of halogens is 2. The van der Waals surface area contributed by atoms with Crippen molar-refractivity contribution in [2.75, 3.05) is 0 Å². The van der Waals surface area contributed by atoms with E-state index in [4.69, 9.17) is 27.6 Å². The molecule has 2 aromatic carbocycles. The number of phenolic OH excluding ortho intramolecular Hbond substituents is 1. The molecule has 0 spiro atoms. The zero-order valence-electron chi connectivity index (χ0n) is 15.1. The number of phenols is 1. The number of carbonyl (C=O) groups excluding carboxylic acids is 1. The van der Waals surface area contributed by atoms with E-state index in [2.05, 4.69) is 10.3 Å². The van der Waals surface area contributed by atoms with Gasteiger partial charge in [-0.3, -0.25) is 4.79 Å². The summed E-state index contributed by atoms with van der Waals surface area (Å²) in [5, 5.41) is 14.1. The summed E-state index contributed by atoms with van der Waals surface area (Å²) in [5.74, 6) is 0.795. The standard InChI is InChI=1S/C21H14Cl2N2O3S/c1-11-2-6-17(26)16(8-11)24-21-25-20(27)19(29-21)10-13-4-7-18(28-13)14-9-12(22)3-5-15(14)23/h2-10,26H,1H3,(H,24,25,27)/b19-10+. The maximum atomic E-state index is 12.3. The summed E-state index contributed by atoms with van der Waals surface area (Å²) < 4.78 is 5.81. The van der Waals surface area contributed by atoms with Crippen molar-refractivity contribution in [2.45, 2.75) is 6.92 Å². The number of hydrogen-bond donors (Lipinski definition) is 2. The predicted molar refractivity (Wildman–Crippen MR) is 118 cm³/mol. The van der Waals surface area contributed by atoms with Gasteiger partial charge < -0.3 is 14.8 Å². The van der Waals surface area contributed by atoms with Crippen molar-refractivity contribution in [3.63, 3.8) is 0 Å². The number of benzene rings is 2. The fourth-order valence-electron chi connectivity index (χ4n) is 2.70. The van der Waals surface area contributed by atoms with Crippen LogP contribution in [-0.4, -0.2) is 16.2 Å². The van der Waals surface area contributed by atoms with E-state index in [0.717, 1.165) is 5.56 Å². The van der Waals surface area contributed by atoms with E-state index < -0.39 is 0 Å². The molecule has 0 aliphatic carbocycles. The highest BCUT2D eigenvalue weighted by Gasteiger charge is 2.25. The normalized spacial score (nSPS) is 16.6. The molecule has 0 radical (unpaired) electrons. The van der Waals surface area contributed by atoms with Crippen LogP contribution >= 0.6 is 35.0 Å². The van der Waals surface area contributed by atoms with Crippen LogP contribution in [-0.2, 0) is 4.79 Å². The molecule has 1 saturated heterocycles. The first kappa shape index (κ1) is 19.6. The summed E-state index contributed by atoms with van der Waals surface area (Å²) >= 11 is 13.4. The van der Waals surface area contributed by atoms with Crippen molar-refractivity contribution in [1.29, 1.82) is 0 Å². The molecule has 1 amide bonds. The Morgan fingerprint density at radius 2 is 1.97 bits per heavy atom. The van der Waals surface area contributed by atoms with Crippen LogP contribution in [0.1, 0.15) is 11.3 Å². The van der Waals surface area contributed by atoms with Gasteiger partial charge in [-0.1, -0.05) is 29.3 Å². The van der Waals surface area contributed by atoms with Crippen LogP contribution in [0, 0.1) is 6.92 Å². The first-order valence-corrected chi connectivity index (χ1v) is 10.1. The smallest absolute Gasteiger partial charge is 0.264 e. The summed E-state index contributed by atoms with van der Waals surface area (Å²) in [6.45, 7) is 1.90. The number of rotatable bonds is 3. The second kappa shape index (κ2) is 7.99. The van der Waals surface area contributed by atoms with Gasteiger partial charge >= 0.3 is 0 Å². The lowest BCUT2D eigenvalue weighted by Gasteiger charge is -2.01. The average Bonchev–Trinajstić information content (AvgIpc) is 3.27. The van der Waals surface area contributed by atoms with Gasteiger partial charge in [0.15, 0.2) is 5.17 Å². The Kier molecular flexibility index (Phi) is 5.41. The molecule has 1 aliphatic heterocycles. The molecule has 0 unspecified atom stereocenters. The predicted octanol–water partition coefficient (Wildman–Crippen LogP) is 6.16. The fourth-order valence-corrected chi connectivity index (χ4v) is 3.90. The average molecular weight is 445 g/mol. The Morgan fingerprint density at radius 3 is 2.79 bits per heavy atom. The minimum Gasteiger partial charge on any atom is -0.506 e. The number of nitrogens with one attached hydrogen (secondary N) is 1. The first-order valence-electron chi connectivity index (χ1n) is 8.53. The third-order valence-electron chi connectivity index (χ3n) is 4.10. The monoisotopic (exact) mass is 444 g/mol. The lowest BCUT2D eigenvalue weighted by Crippen LogP contribution is -2.19. The number of furan rings is 1. The Bertz CT molecular complexity index is 1180. The number of aliphatic imine (C=N–C) groups is 1. The highest BCUT2D eigenvalue weighted by Crippen LogP contribution is 2.35. The van der Waals surface area contributed by atoms with Crippen LogP contribution in [0.2, 0.25) is 10.0 Å². The molecule has 0 atom stereocenters. The molecule has 1 aliphatic rings. The van der Waals surface area contributed by atoms with Crippen LogP contribution in [0.4, 0.5) is 5.69 Å². The number of thioether (sulfide) groups is 1. The number of aromatic hydroxyl groups is 1. The highest BCUT2D eigenvalue weighted by molar-refractivity contribution is 8.18. The molecule has 1 fully saturated rings. The topological polar surface area (TPSA) is 74.8 Å². The van der Waals surface area contributed by atoms with Gasteiger partial charge in [-0.15, -0.1) is 0 Å². The molecule has 29 heavy (non-hydrogen) atoms. The second-order valence-electron chi connectivity index (χ2n) is 6.30. The van der Waals surface area contributed by atoms with E-state index >= 15 is 0 Å². The highest BCUT2D eigenvalue weighted by atomic mass is 35.5. The molecule has 4 rings (SSSR count). The van der Waals surface area contributed by atoms with Crippen LogP contribution < -0.4 is 5.32 Å². The number of hydrogen-bond acceptors (Lipinski definition) is 5. The fraction of sp³-hybridized carbons (Fsp3) is 0.0476. The molecular weight excluding hydrogens is 431 g/mol. The lowest BCUT2D eigenvalue weighted by molar-refractivity contribution is -0.115. The van der Waals surface area contributed by atoms with Crippen molar-refractivity contribution in [3.8, 4) is 17.1 Å². The lowest BCUT2D eigenvalue weighted by atomic mass is 10.2. The summed E-state index contributed by atoms with van der Waals surface area (Å²) in [5.41, 5.74) is 2.02. The van der Waals surface area contributed by atoms with Crippen LogP contribution in [0.25, 0.3) is 17.4 Å². The molecule has 1 aromatic heterocycles. The molecular formula is C21H14Cl2N2O3S. The van der Waals surface area contributed by atoms with E-state index in [0.29, 0.717) is 42.9 Å². The van der Waals surface area contributed by atoms with Gasteiger partial charge in [0, 0.05) is 16.7 Å². The van der Waals surface area contributed by atoms with Crippen molar-refractivity contribution in [2.24, 2.45) is 4.99 Å². The van der Waals surface area contributed by atoms with Gasteiger partial charge in [-0.05, 0) is 66.7 Å². The summed E-state index contributed by atoms with van der Waals surface area (Å²) in [6.07, 6.45) is 1.63. The third-order valence-corrected chi connectivity index (χ3v) is 5.57. The molecule has 2 N–H and O–H groups in total. The Morgan fingerprint density at radius 1 is 1.14 bits per heavy atom.